The standard InChI is InChI=1S/C22H22ClN3O3S/c1-3-25(10-11-27)18-7-4-15(14(2)12-18)13-19-20(28)24-22(30)26(21(19)29)17-8-5-16(23)6-9-17/h4-9,12-13,27H,3,10-11H2,1-2H3,(H,24,28,30)/b19-13-. The number of amides is 2. The second-order valence-corrected chi connectivity index (χ2v) is 7.60. The summed E-state index contributed by atoms with van der Waals surface area (Å²) in [5.41, 5.74) is 3.14. The molecule has 0 bridgehead atoms. The Bertz CT molecular complexity index is 1020. The van der Waals surface area contributed by atoms with E-state index in [0.29, 0.717) is 17.3 Å². The van der Waals surface area contributed by atoms with Crippen LogP contribution in [0.2, 0.25) is 5.02 Å². The number of thiocarbonyl (C=S) groups is 1. The molecule has 0 aromatic heterocycles. The summed E-state index contributed by atoms with van der Waals surface area (Å²) in [4.78, 5) is 28.9. The molecule has 0 spiro atoms. The predicted octanol–water partition coefficient (Wildman–Crippen LogP) is 3.30. The van der Waals surface area contributed by atoms with Gasteiger partial charge in [0.25, 0.3) is 11.8 Å². The number of hydrogen-bond donors (Lipinski definition) is 2. The minimum Gasteiger partial charge on any atom is -0.395 e. The SMILES string of the molecule is CCN(CCO)c1ccc(/C=C2/C(=O)NC(=S)N(c3ccc(Cl)cc3)C2=O)c(C)c1. The molecule has 2 amide bonds. The quantitative estimate of drug-likeness (QED) is 0.407. The number of aryl methyl sites for hydroxylation is 1. The Morgan fingerprint density at radius 2 is 1.90 bits per heavy atom. The predicted molar refractivity (Wildman–Crippen MR) is 124 cm³/mol. The van der Waals surface area contributed by atoms with Crippen LogP contribution in [0, 0.1) is 6.92 Å². The topological polar surface area (TPSA) is 72.9 Å². The van der Waals surface area contributed by atoms with E-state index in [1.807, 2.05) is 36.9 Å². The van der Waals surface area contributed by atoms with Gasteiger partial charge in [0.2, 0.25) is 0 Å². The lowest BCUT2D eigenvalue weighted by atomic mass is 10.0. The van der Waals surface area contributed by atoms with Crippen LogP contribution < -0.4 is 15.1 Å². The van der Waals surface area contributed by atoms with E-state index in [9.17, 15) is 14.7 Å². The lowest BCUT2D eigenvalue weighted by molar-refractivity contribution is -0.122. The van der Waals surface area contributed by atoms with Gasteiger partial charge < -0.3 is 10.0 Å². The van der Waals surface area contributed by atoms with Crippen molar-refractivity contribution in [3.05, 3.63) is 64.2 Å². The molecule has 2 aromatic rings. The van der Waals surface area contributed by atoms with Crippen LogP contribution in [-0.4, -0.2) is 41.7 Å². The van der Waals surface area contributed by atoms with Crippen molar-refractivity contribution in [2.24, 2.45) is 0 Å². The summed E-state index contributed by atoms with van der Waals surface area (Å²) in [6.07, 6.45) is 1.57. The molecular formula is C22H22ClN3O3S. The zero-order valence-corrected chi connectivity index (χ0v) is 18.3. The van der Waals surface area contributed by atoms with Crippen LogP contribution in [0.5, 0.6) is 0 Å². The van der Waals surface area contributed by atoms with Crippen molar-refractivity contribution < 1.29 is 14.7 Å². The summed E-state index contributed by atoms with van der Waals surface area (Å²) in [6, 6.07) is 12.4. The van der Waals surface area contributed by atoms with Gasteiger partial charge in [0.15, 0.2) is 5.11 Å². The lowest BCUT2D eigenvalue weighted by Gasteiger charge is -2.29. The highest BCUT2D eigenvalue weighted by molar-refractivity contribution is 7.80. The van der Waals surface area contributed by atoms with Gasteiger partial charge in [-0.1, -0.05) is 17.7 Å². The molecular weight excluding hydrogens is 422 g/mol. The molecule has 8 heteroatoms. The Hall–Kier alpha value is -2.74. The molecule has 2 N–H and O–H groups in total. The summed E-state index contributed by atoms with van der Waals surface area (Å²) in [5.74, 6) is -1.03. The number of benzene rings is 2. The van der Waals surface area contributed by atoms with E-state index in [1.165, 1.54) is 4.90 Å². The van der Waals surface area contributed by atoms with Gasteiger partial charge in [-0.2, -0.15) is 0 Å². The Morgan fingerprint density at radius 1 is 1.20 bits per heavy atom. The summed E-state index contributed by atoms with van der Waals surface area (Å²) in [5, 5.41) is 12.4. The minimum absolute atomic E-state index is 0.00268. The Kier molecular flexibility index (Phi) is 6.87. The number of aliphatic hydroxyl groups excluding tert-OH is 1. The Labute approximate surface area is 185 Å². The maximum atomic E-state index is 13.1. The average Bonchev–Trinajstić information content (AvgIpc) is 2.71. The van der Waals surface area contributed by atoms with E-state index in [-0.39, 0.29) is 17.3 Å². The summed E-state index contributed by atoms with van der Waals surface area (Å²) < 4.78 is 0. The Morgan fingerprint density at radius 3 is 2.50 bits per heavy atom. The smallest absolute Gasteiger partial charge is 0.270 e. The van der Waals surface area contributed by atoms with E-state index in [0.717, 1.165) is 23.4 Å². The molecule has 0 aliphatic carbocycles. The van der Waals surface area contributed by atoms with Crippen molar-refractivity contribution >= 4 is 58.2 Å². The molecule has 0 saturated carbocycles. The van der Waals surface area contributed by atoms with E-state index in [4.69, 9.17) is 23.8 Å². The molecule has 2 aromatic carbocycles. The van der Waals surface area contributed by atoms with Crippen molar-refractivity contribution in [1.29, 1.82) is 0 Å². The van der Waals surface area contributed by atoms with Crippen molar-refractivity contribution in [2.75, 3.05) is 29.5 Å². The first-order valence-corrected chi connectivity index (χ1v) is 10.3. The molecule has 0 unspecified atom stereocenters. The van der Waals surface area contributed by atoms with Crippen LogP contribution in [0.15, 0.2) is 48.0 Å². The van der Waals surface area contributed by atoms with Gasteiger partial charge in [-0.3, -0.25) is 19.8 Å². The number of carbonyl (C=O) groups excluding carboxylic acids is 2. The van der Waals surface area contributed by atoms with Crippen molar-refractivity contribution in [2.45, 2.75) is 13.8 Å². The number of hydrogen-bond acceptors (Lipinski definition) is 5. The average molecular weight is 444 g/mol. The maximum absolute atomic E-state index is 13.1. The molecule has 1 fully saturated rings. The zero-order valence-electron chi connectivity index (χ0n) is 16.7. The van der Waals surface area contributed by atoms with Gasteiger partial charge in [0.05, 0.1) is 12.3 Å². The summed E-state index contributed by atoms with van der Waals surface area (Å²) in [6.45, 7) is 5.28. The maximum Gasteiger partial charge on any atom is 0.270 e. The van der Waals surface area contributed by atoms with Gasteiger partial charge in [-0.15, -0.1) is 0 Å². The number of nitrogens with one attached hydrogen (secondary N) is 1. The molecule has 0 radical (unpaired) electrons. The molecule has 156 valence electrons. The summed E-state index contributed by atoms with van der Waals surface area (Å²) in [7, 11) is 0. The third-order valence-corrected chi connectivity index (χ3v) is 5.39. The van der Waals surface area contributed by atoms with E-state index in [1.54, 1.807) is 30.3 Å². The van der Waals surface area contributed by atoms with Crippen LogP contribution >= 0.6 is 23.8 Å². The highest BCUT2D eigenvalue weighted by atomic mass is 35.5. The molecule has 1 aliphatic heterocycles. The number of likely N-dealkylation sites (N-methyl/N-ethyl adjacent to an activating group) is 1. The van der Waals surface area contributed by atoms with Crippen LogP contribution in [0.25, 0.3) is 6.08 Å². The van der Waals surface area contributed by atoms with Crippen molar-refractivity contribution in [3.8, 4) is 0 Å². The first kappa shape index (κ1) is 22.0. The summed E-state index contributed by atoms with van der Waals surface area (Å²) >= 11 is 11.1. The van der Waals surface area contributed by atoms with Gasteiger partial charge in [-0.05, 0) is 79.7 Å². The minimum atomic E-state index is -0.533. The first-order valence-electron chi connectivity index (χ1n) is 9.49. The molecule has 1 saturated heterocycles. The molecule has 0 atom stereocenters. The zero-order chi connectivity index (χ0) is 21.8. The number of carbonyl (C=O) groups is 2. The molecule has 1 aliphatic rings. The van der Waals surface area contributed by atoms with Gasteiger partial charge >= 0.3 is 0 Å². The molecule has 1 heterocycles. The second kappa shape index (κ2) is 9.38. The van der Waals surface area contributed by atoms with Crippen LogP contribution in [0.1, 0.15) is 18.1 Å². The number of aliphatic hydroxyl groups is 1. The van der Waals surface area contributed by atoms with Crippen molar-refractivity contribution in [3.63, 3.8) is 0 Å². The number of rotatable bonds is 6. The third kappa shape index (κ3) is 4.53. The Balaban J connectivity index is 1.95. The van der Waals surface area contributed by atoms with Crippen LogP contribution in [0.4, 0.5) is 11.4 Å². The van der Waals surface area contributed by atoms with Gasteiger partial charge in [0.1, 0.15) is 5.57 Å². The van der Waals surface area contributed by atoms with Gasteiger partial charge in [0, 0.05) is 23.8 Å². The van der Waals surface area contributed by atoms with E-state index >= 15 is 0 Å². The van der Waals surface area contributed by atoms with E-state index in [2.05, 4.69) is 5.32 Å². The number of nitrogens with zero attached hydrogens (tertiary/aromatic N) is 2. The fraction of sp³-hybridized carbons (Fsp3) is 0.227. The normalized spacial score (nSPS) is 15.5. The van der Waals surface area contributed by atoms with Crippen LogP contribution in [0.3, 0.4) is 0 Å². The largest absolute Gasteiger partial charge is 0.395 e. The molecule has 3 rings (SSSR count). The molecule has 30 heavy (non-hydrogen) atoms. The fourth-order valence-corrected chi connectivity index (χ4v) is 3.65. The number of halogens is 1. The highest BCUT2D eigenvalue weighted by Gasteiger charge is 2.34. The number of anilines is 2. The first-order chi connectivity index (χ1) is 14.3. The second-order valence-electron chi connectivity index (χ2n) is 6.78. The third-order valence-electron chi connectivity index (χ3n) is 4.86. The molecule has 6 nitrogen and oxygen atoms in total. The lowest BCUT2D eigenvalue weighted by Crippen LogP contribution is -2.54. The highest BCUT2D eigenvalue weighted by Crippen LogP contribution is 2.25. The monoisotopic (exact) mass is 443 g/mol. The fourth-order valence-electron chi connectivity index (χ4n) is 3.25. The van der Waals surface area contributed by atoms with Gasteiger partial charge in [-0.25, -0.2) is 0 Å². The van der Waals surface area contributed by atoms with Crippen molar-refractivity contribution in [1.82, 2.24) is 5.32 Å². The van der Waals surface area contributed by atoms with E-state index < -0.39 is 11.8 Å². The van der Waals surface area contributed by atoms with Crippen LogP contribution in [-0.2, 0) is 9.59 Å².